The summed E-state index contributed by atoms with van der Waals surface area (Å²) in [7, 11) is 0. The van der Waals surface area contributed by atoms with Crippen LogP contribution in [0.15, 0.2) is 370 Å². The minimum Gasteiger partial charge on any atom is -0.311 e. The highest BCUT2D eigenvalue weighted by Gasteiger charge is 2.21. The Labute approximate surface area is 551 Å². The number of anilines is 6. The van der Waals surface area contributed by atoms with Crippen molar-refractivity contribution in [3.63, 3.8) is 0 Å². The molecule has 0 aliphatic rings. The molecule has 0 N–H and O–H groups in total. The van der Waals surface area contributed by atoms with E-state index in [1.165, 1.54) is 65.5 Å². The largest absolute Gasteiger partial charge is 0.311 e. The van der Waals surface area contributed by atoms with Crippen LogP contribution in [0.25, 0.3) is 127 Å². The molecule has 0 atom stereocenters. The van der Waals surface area contributed by atoms with Crippen LogP contribution in [-0.2, 0) is 0 Å². The molecule has 0 radical (unpaired) electrons. The number of para-hydroxylation sites is 7. The van der Waals surface area contributed by atoms with Crippen LogP contribution in [0.4, 0.5) is 34.1 Å². The molecule has 0 unspecified atom stereocenters. The average molecular weight is 1210 g/mol. The highest BCUT2D eigenvalue weighted by molar-refractivity contribution is 6.15. The van der Waals surface area contributed by atoms with Crippen molar-refractivity contribution in [1.29, 1.82) is 0 Å². The lowest BCUT2D eigenvalue weighted by atomic mass is 9.97. The molecule has 18 rings (SSSR count). The first-order valence-corrected chi connectivity index (χ1v) is 32.5. The number of aromatic nitrogens is 3. The van der Waals surface area contributed by atoms with Gasteiger partial charge in [-0.3, -0.25) is 0 Å². The van der Waals surface area contributed by atoms with Crippen molar-refractivity contribution in [2.75, 3.05) is 9.80 Å². The van der Waals surface area contributed by atoms with E-state index in [1.807, 2.05) is 0 Å². The fourth-order valence-electron chi connectivity index (χ4n) is 14.5. The molecular weight excluding hydrogens is 1150 g/mol. The van der Waals surface area contributed by atoms with Crippen molar-refractivity contribution in [2.45, 2.75) is 0 Å². The summed E-state index contributed by atoms with van der Waals surface area (Å²) in [5.41, 5.74) is 26.4. The molecule has 5 nitrogen and oxygen atoms in total. The van der Waals surface area contributed by atoms with Gasteiger partial charge in [0.25, 0.3) is 0 Å². The van der Waals surface area contributed by atoms with Gasteiger partial charge in [0, 0.05) is 83.5 Å². The number of benzene rings is 15. The Bertz CT molecular complexity index is 5420. The van der Waals surface area contributed by atoms with Gasteiger partial charge in [-0.05, 0) is 226 Å². The first-order chi connectivity index (χ1) is 47.1. The molecular formula is C90H61N5. The Morgan fingerprint density at radius 1 is 0.147 bits per heavy atom. The molecule has 5 heteroatoms. The maximum absolute atomic E-state index is 2.43. The predicted octanol–water partition coefficient (Wildman–Crippen LogP) is 24.6. The fraction of sp³-hybridized carbons (Fsp3) is 0. The Morgan fingerprint density at radius 3 is 0.526 bits per heavy atom. The van der Waals surface area contributed by atoms with E-state index in [1.54, 1.807) is 0 Å². The van der Waals surface area contributed by atoms with Gasteiger partial charge in [-0.25, -0.2) is 0 Å². The zero-order valence-corrected chi connectivity index (χ0v) is 52.0. The van der Waals surface area contributed by atoms with E-state index in [2.05, 4.69) is 394 Å². The zero-order chi connectivity index (χ0) is 62.8. The van der Waals surface area contributed by atoms with Crippen molar-refractivity contribution in [3.8, 4) is 61.6 Å². The summed E-state index contributed by atoms with van der Waals surface area (Å²) in [6.45, 7) is 0. The van der Waals surface area contributed by atoms with Gasteiger partial charge in [-0.15, -0.1) is 0 Å². The normalized spacial score (nSPS) is 11.6. The van der Waals surface area contributed by atoms with Crippen LogP contribution in [0.1, 0.15) is 0 Å². The average Bonchev–Trinajstić information content (AvgIpc) is 1.60. The van der Waals surface area contributed by atoms with Gasteiger partial charge >= 0.3 is 0 Å². The summed E-state index contributed by atoms with van der Waals surface area (Å²) in [6, 6.07) is 135. The van der Waals surface area contributed by atoms with Crippen LogP contribution in [-0.4, -0.2) is 13.7 Å². The molecule has 446 valence electrons. The lowest BCUT2D eigenvalue weighted by Gasteiger charge is -2.25. The number of hydrogen-bond donors (Lipinski definition) is 0. The highest BCUT2D eigenvalue weighted by atomic mass is 15.1. The number of fused-ring (bicyclic) bond motifs is 9. The van der Waals surface area contributed by atoms with E-state index >= 15 is 0 Å². The Balaban J connectivity index is 0.748. The van der Waals surface area contributed by atoms with E-state index in [-0.39, 0.29) is 0 Å². The van der Waals surface area contributed by atoms with Crippen molar-refractivity contribution >= 4 is 99.5 Å². The van der Waals surface area contributed by atoms with Gasteiger partial charge in [-0.1, -0.05) is 188 Å². The van der Waals surface area contributed by atoms with Crippen LogP contribution in [0.3, 0.4) is 0 Å². The predicted molar refractivity (Wildman–Crippen MR) is 401 cm³/mol. The SMILES string of the molecule is c1ccc(N(c2ccccc2)c2ccc(-c3ccc4c(c3)c3cc(-c5ccc6c(c5)c5cc(-c7ccc8c(c7)c7cc(-c9ccc(N(c%10ccccc%10)c%10ccccc%10)cc9)ccc7n8-c7ccccc7)ccc5n6-c5ccccc5)ccc3n4-c3ccccc3)cc2)cc1. The summed E-state index contributed by atoms with van der Waals surface area (Å²) in [6.07, 6.45) is 0. The standard InChI is InChI=1S/C90H61N5/c1-8-22-70(23-9-1)91(71-24-10-2-11-25-71)77-46-36-62(37-47-77)64-40-50-85-79(56-64)81-58-66(42-52-87(81)93(85)74-30-16-5-17-31-74)68-44-54-89-83(60-68)84-61-69(45-55-90(84)95(89)76-34-20-7-21-35-76)67-43-53-88-82(59-67)80-57-65(41-51-86(80)94(88)75-32-18-6-19-33-75)63-38-48-78(49-39-63)92(72-26-12-3-13-27-72)73-28-14-4-15-29-73/h1-61H. The summed E-state index contributed by atoms with van der Waals surface area (Å²) >= 11 is 0. The third-order valence-electron chi connectivity index (χ3n) is 19.0. The lowest BCUT2D eigenvalue weighted by Crippen LogP contribution is -2.09. The molecule has 0 saturated heterocycles. The second-order valence-electron chi connectivity index (χ2n) is 24.5. The molecule has 0 spiro atoms. The van der Waals surface area contributed by atoms with Crippen LogP contribution in [0, 0.1) is 0 Å². The Morgan fingerprint density at radius 2 is 0.316 bits per heavy atom. The quantitative estimate of drug-likeness (QED) is 0.115. The number of nitrogens with zero attached hydrogens (tertiary/aromatic N) is 5. The Hall–Kier alpha value is -12.7. The topological polar surface area (TPSA) is 21.3 Å². The van der Waals surface area contributed by atoms with Crippen LogP contribution in [0.2, 0.25) is 0 Å². The number of rotatable bonds is 13. The van der Waals surface area contributed by atoms with Crippen LogP contribution < -0.4 is 9.80 Å². The second kappa shape index (κ2) is 23.2. The van der Waals surface area contributed by atoms with Gasteiger partial charge in [0.1, 0.15) is 0 Å². The molecule has 0 aliphatic carbocycles. The molecule has 3 aromatic heterocycles. The third kappa shape index (κ3) is 9.72. The van der Waals surface area contributed by atoms with Crippen molar-refractivity contribution in [3.05, 3.63) is 370 Å². The third-order valence-corrected chi connectivity index (χ3v) is 19.0. The van der Waals surface area contributed by atoms with Crippen molar-refractivity contribution in [2.24, 2.45) is 0 Å². The maximum Gasteiger partial charge on any atom is 0.0541 e. The van der Waals surface area contributed by atoms with E-state index in [0.29, 0.717) is 0 Å². The highest BCUT2D eigenvalue weighted by Crippen LogP contribution is 2.44. The molecule has 0 amide bonds. The molecule has 15 aromatic carbocycles. The summed E-state index contributed by atoms with van der Waals surface area (Å²) in [5.74, 6) is 0. The first-order valence-electron chi connectivity index (χ1n) is 32.5. The van der Waals surface area contributed by atoms with Gasteiger partial charge in [-0.2, -0.15) is 0 Å². The van der Waals surface area contributed by atoms with E-state index < -0.39 is 0 Å². The van der Waals surface area contributed by atoms with Crippen molar-refractivity contribution < 1.29 is 0 Å². The molecule has 0 aliphatic heterocycles. The van der Waals surface area contributed by atoms with Crippen LogP contribution >= 0.6 is 0 Å². The van der Waals surface area contributed by atoms with Gasteiger partial charge in [0.2, 0.25) is 0 Å². The minimum atomic E-state index is 1.10. The van der Waals surface area contributed by atoms with Crippen LogP contribution in [0.5, 0.6) is 0 Å². The van der Waals surface area contributed by atoms with E-state index in [4.69, 9.17) is 0 Å². The molecule has 3 heterocycles. The molecule has 95 heavy (non-hydrogen) atoms. The van der Waals surface area contributed by atoms with Gasteiger partial charge in [0.05, 0.1) is 33.1 Å². The molecule has 0 bridgehead atoms. The zero-order valence-electron chi connectivity index (χ0n) is 52.0. The lowest BCUT2D eigenvalue weighted by molar-refractivity contribution is 1.18. The van der Waals surface area contributed by atoms with Gasteiger partial charge in [0.15, 0.2) is 0 Å². The molecule has 0 saturated carbocycles. The molecule has 0 fully saturated rings. The summed E-state index contributed by atoms with van der Waals surface area (Å²) in [4.78, 5) is 4.63. The monoisotopic (exact) mass is 1210 g/mol. The van der Waals surface area contributed by atoms with Crippen molar-refractivity contribution in [1.82, 2.24) is 13.7 Å². The smallest absolute Gasteiger partial charge is 0.0541 e. The van der Waals surface area contributed by atoms with E-state index in [9.17, 15) is 0 Å². The van der Waals surface area contributed by atoms with Gasteiger partial charge < -0.3 is 23.5 Å². The summed E-state index contributed by atoms with van der Waals surface area (Å²) < 4.78 is 7.26. The maximum atomic E-state index is 2.43. The number of hydrogen-bond acceptors (Lipinski definition) is 2. The fourth-order valence-corrected chi connectivity index (χ4v) is 14.5. The molecule has 18 aromatic rings. The van der Waals surface area contributed by atoms with E-state index in [0.717, 1.165) is 95.6 Å². The summed E-state index contributed by atoms with van der Waals surface area (Å²) in [5, 5.41) is 7.22. The Kier molecular flexibility index (Phi) is 13.5. The first kappa shape index (κ1) is 55.2. The minimum absolute atomic E-state index is 1.10. The second-order valence-corrected chi connectivity index (χ2v) is 24.5.